The molecule has 0 radical (unpaired) electrons. The van der Waals surface area contributed by atoms with Gasteiger partial charge in [-0.15, -0.1) is 0 Å². The molecule has 1 rings (SSSR count). The second-order valence-corrected chi connectivity index (χ2v) is 4.66. The first-order valence-corrected chi connectivity index (χ1v) is 6.50. The van der Waals surface area contributed by atoms with Crippen molar-refractivity contribution in [1.82, 2.24) is 4.90 Å². The molecule has 1 fully saturated rings. The van der Waals surface area contributed by atoms with Crippen LogP contribution >= 0.6 is 0 Å². The van der Waals surface area contributed by atoms with Crippen molar-refractivity contribution in [2.45, 2.75) is 26.8 Å². The number of morpholine rings is 1. The van der Waals surface area contributed by atoms with Gasteiger partial charge in [-0.25, -0.2) is 0 Å². The summed E-state index contributed by atoms with van der Waals surface area (Å²) in [6.45, 7) is 8.65. The summed E-state index contributed by atoms with van der Waals surface area (Å²) in [7, 11) is 0. The van der Waals surface area contributed by atoms with E-state index in [1.807, 2.05) is 13.8 Å². The van der Waals surface area contributed by atoms with Crippen molar-refractivity contribution in [2.75, 3.05) is 32.9 Å². The number of oxime groups is 1. The van der Waals surface area contributed by atoms with Crippen LogP contribution in [0.5, 0.6) is 0 Å². The van der Waals surface area contributed by atoms with E-state index in [0.29, 0.717) is 26.4 Å². The number of nitriles is 1. The molecule has 0 spiro atoms. The standard InChI is InChI=1S/C14H21N3O2/c1-4-5-14(12(2)3)16-19-11-13-10-18-9-8-17(13)7-6-15/h12-13H,7-11H2,1-3H3/b16-14+/t13-/m0/s1. The summed E-state index contributed by atoms with van der Waals surface area (Å²) in [5.41, 5.74) is 0.742. The Labute approximate surface area is 115 Å². The molecule has 0 aromatic rings. The van der Waals surface area contributed by atoms with Crippen LogP contribution in [0.2, 0.25) is 0 Å². The number of hydrogen-bond donors (Lipinski definition) is 0. The third-order valence-corrected chi connectivity index (χ3v) is 2.85. The molecule has 0 amide bonds. The van der Waals surface area contributed by atoms with E-state index in [1.54, 1.807) is 6.92 Å². The van der Waals surface area contributed by atoms with Gasteiger partial charge in [0.1, 0.15) is 12.3 Å². The molecule has 0 N–H and O–H groups in total. The van der Waals surface area contributed by atoms with Gasteiger partial charge in [0.2, 0.25) is 0 Å². The lowest BCUT2D eigenvalue weighted by Crippen LogP contribution is -2.47. The Morgan fingerprint density at radius 3 is 3.00 bits per heavy atom. The van der Waals surface area contributed by atoms with Crippen molar-refractivity contribution < 1.29 is 9.57 Å². The minimum Gasteiger partial charge on any atom is -0.393 e. The van der Waals surface area contributed by atoms with Gasteiger partial charge in [-0.05, 0) is 12.8 Å². The molecule has 0 bridgehead atoms. The predicted octanol–water partition coefficient (Wildman–Crippen LogP) is 1.26. The second kappa shape index (κ2) is 8.53. The molecule has 19 heavy (non-hydrogen) atoms. The maximum absolute atomic E-state index is 8.77. The molecule has 1 atom stereocenters. The number of rotatable bonds is 5. The topological polar surface area (TPSA) is 57.9 Å². The van der Waals surface area contributed by atoms with Gasteiger partial charge in [0, 0.05) is 12.5 Å². The molecule has 104 valence electrons. The summed E-state index contributed by atoms with van der Waals surface area (Å²) in [6.07, 6.45) is 0. The van der Waals surface area contributed by atoms with Crippen molar-refractivity contribution in [3.8, 4) is 17.9 Å². The van der Waals surface area contributed by atoms with Gasteiger partial charge in [-0.1, -0.05) is 24.9 Å². The lowest BCUT2D eigenvalue weighted by Gasteiger charge is -2.32. The van der Waals surface area contributed by atoms with E-state index in [2.05, 4.69) is 28.0 Å². The molecule has 0 aromatic carbocycles. The van der Waals surface area contributed by atoms with Crippen molar-refractivity contribution in [3.63, 3.8) is 0 Å². The zero-order valence-corrected chi connectivity index (χ0v) is 11.8. The highest BCUT2D eigenvalue weighted by molar-refractivity contribution is 6.01. The van der Waals surface area contributed by atoms with Crippen LogP contribution in [0.3, 0.4) is 0 Å². The first-order valence-electron chi connectivity index (χ1n) is 6.50. The molecule has 0 aromatic heterocycles. The highest BCUT2D eigenvalue weighted by Crippen LogP contribution is 2.07. The SMILES string of the molecule is CC#C/C(=N\OC[C@@H]1COCCN1CC#N)C(C)C. The van der Waals surface area contributed by atoms with E-state index in [9.17, 15) is 0 Å². The molecular weight excluding hydrogens is 242 g/mol. The molecule has 5 nitrogen and oxygen atoms in total. The predicted molar refractivity (Wildman–Crippen MR) is 73.5 cm³/mol. The van der Waals surface area contributed by atoms with Crippen molar-refractivity contribution in [1.29, 1.82) is 5.26 Å². The van der Waals surface area contributed by atoms with Crippen LogP contribution in [0.4, 0.5) is 0 Å². The molecule has 1 heterocycles. The molecule has 5 heteroatoms. The highest BCUT2D eigenvalue weighted by atomic mass is 16.6. The van der Waals surface area contributed by atoms with Gasteiger partial charge in [-0.3, -0.25) is 4.90 Å². The first-order chi connectivity index (χ1) is 9.19. The Kier molecular flexibility index (Phi) is 6.95. The van der Waals surface area contributed by atoms with Crippen LogP contribution in [0.15, 0.2) is 5.16 Å². The zero-order valence-electron chi connectivity index (χ0n) is 11.8. The monoisotopic (exact) mass is 263 g/mol. The summed E-state index contributed by atoms with van der Waals surface area (Å²) in [6, 6.07) is 2.25. The van der Waals surface area contributed by atoms with E-state index in [1.165, 1.54) is 0 Å². The zero-order chi connectivity index (χ0) is 14.1. The van der Waals surface area contributed by atoms with Gasteiger partial charge in [0.05, 0.1) is 31.9 Å². The van der Waals surface area contributed by atoms with Gasteiger partial charge in [-0.2, -0.15) is 5.26 Å². The summed E-state index contributed by atoms with van der Waals surface area (Å²) < 4.78 is 5.40. The van der Waals surface area contributed by atoms with Crippen molar-refractivity contribution in [2.24, 2.45) is 11.1 Å². The molecule has 1 aliphatic heterocycles. The third kappa shape index (κ3) is 5.30. The quantitative estimate of drug-likeness (QED) is 0.324. The lowest BCUT2D eigenvalue weighted by molar-refractivity contribution is -0.0369. The van der Waals surface area contributed by atoms with E-state index >= 15 is 0 Å². The fraction of sp³-hybridized carbons (Fsp3) is 0.714. The van der Waals surface area contributed by atoms with Crippen LogP contribution in [0.25, 0.3) is 0 Å². The highest BCUT2D eigenvalue weighted by Gasteiger charge is 2.23. The number of hydrogen-bond acceptors (Lipinski definition) is 5. The molecule has 1 saturated heterocycles. The minimum atomic E-state index is 0.0835. The first kappa shape index (κ1) is 15.5. The van der Waals surface area contributed by atoms with Gasteiger partial charge < -0.3 is 9.57 Å². The Bertz CT molecular complexity index is 401. The molecule has 0 saturated carbocycles. The van der Waals surface area contributed by atoms with Crippen LogP contribution < -0.4 is 0 Å². The average molecular weight is 263 g/mol. The maximum Gasteiger partial charge on any atom is 0.134 e. The lowest BCUT2D eigenvalue weighted by atomic mass is 10.1. The molecule has 0 aliphatic carbocycles. The van der Waals surface area contributed by atoms with E-state index < -0.39 is 0 Å². The van der Waals surface area contributed by atoms with Crippen LogP contribution in [-0.2, 0) is 9.57 Å². The smallest absolute Gasteiger partial charge is 0.134 e. The maximum atomic E-state index is 8.77. The normalized spacial score (nSPS) is 20.6. The van der Waals surface area contributed by atoms with Crippen LogP contribution in [0, 0.1) is 29.1 Å². The minimum absolute atomic E-state index is 0.0835. The Morgan fingerprint density at radius 1 is 1.58 bits per heavy atom. The third-order valence-electron chi connectivity index (χ3n) is 2.85. The van der Waals surface area contributed by atoms with Gasteiger partial charge in [0.15, 0.2) is 0 Å². The largest absolute Gasteiger partial charge is 0.393 e. The number of ether oxygens (including phenoxy) is 1. The average Bonchev–Trinajstić information content (AvgIpc) is 2.40. The van der Waals surface area contributed by atoms with Gasteiger partial charge in [0.25, 0.3) is 0 Å². The molecule has 0 unspecified atom stereocenters. The van der Waals surface area contributed by atoms with E-state index in [4.69, 9.17) is 14.8 Å². The summed E-state index contributed by atoms with van der Waals surface area (Å²) >= 11 is 0. The fourth-order valence-electron chi connectivity index (χ4n) is 1.74. The van der Waals surface area contributed by atoms with E-state index in [0.717, 1.165) is 12.3 Å². The van der Waals surface area contributed by atoms with Crippen molar-refractivity contribution in [3.05, 3.63) is 0 Å². The Hall–Kier alpha value is -1.56. The van der Waals surface area contributed by atoms with Gasteiger partial charge >= 0.3 is 0 Å². The van der Waals surface area contributed by atoms with E-state index in [-0.39, 0.29) is 12.0 Å². The fourth-order valence-corrected chi connectivity index (χ4v) is 1.74. The Morgan fingerprint density at radius 2 is 2.37 bits per heavy atom. The Balaban J connectivity index is 2.51. The second-order valence-electron chi connectivity index (χ2n) is 4.66. The van der Waals surface area contributed by atoms with Crippen LogP contribution in [-0.4, -0.2) is 49.6 Å². The summed E-state index contributed by atoms with van der Waals surface area (Å²) in [5.74, 6) is 6.00. The number of nitrogens with zero attached hydrogens (tertiary/aromatic N) is 3. The molecular formula is C14H21N3O2. The van der Waals surface area contributed by atoms with Crippen LogP contribution in [0.1, 0.15) is 20.8 Å². The molecule has 1 aliphatic rings. The summed E-state index contributed by atoms with van der Waals surface area (Å²) in [4.78, 5) is 7.44. The van der Waals surface area contributed by atoms with Crippen molar-refractivity contribution >= 4 is 5.71 Å². The summed E-state index contributed by atoms with van der Waals surface area (Å²) in [5, 5.41) is 12.9.